The zero-order chi connectivity index (χ0) is 20.5. The number of thiophene rings is 1. The SMILES string of the molecule is CCNC(=NCC(O)c1cccc(OC)c1)NC1CCN(Cc2ccsc2)CC1.I. The Bertz CT molecular complexity index is 764. The molecule has 1 fully saturated rings. The second kappa shape index (κ2) is 13.1. The first-order valence-corrected chi connectivity index (χ1v) is 11.2. The second-order valence-corrected chi connectivity index (χ2v) is 8.12. The van der Waals surface area contributed by atoms with Crippen LogP contribution in [0.4, 0.5) is 0 Å². The van der Waals surface area contributed by atoms with Gasteiger partial charge in [-0.25, -0.2) is 0 Å². The van der Waals surface area contributed by atoms with Gasteiger partial charge in [0.15, 0.2) is 5.96 Å². The predicted octanol–water partition coefficient (Wildman–Crippen LogP) is 3.63. The fourth-order valence-electron chi connectivity index (χ4n) is 3.52. The molecule has 2 heterocycles. The van der Waals surface area contributed by atoms with Gasteiger partial charge in [-0.2, -0.15) is 11.3 Å². The molecule has 1 atom stereocenters. The van der Waals surface area contributed by atoms with E-state index in [1.807, 2.05) is 24.3 Å². The lowest BCUT2D eigenvalue weighted by Gasteiger charge is -2.33. The first kappa shape index (κ1) is 24.9. The van der Waals surface area contributed by atoms with E-state index in [1.165, 1.54) is 5.56 Å². The van der Waals surface area contributed by atoms with Crippen LogP contribution in [-0.4, -0.2) is 55.3 Å². The van der Waals surface area contributed by atoms with Crippen LogP contribution in [0.5, 0.6) is 5.75 Å². The van der Waals surface area contributed by atoms with Crippen LogP contribution in [0.15, 0.2) is 46.1 Å². The van der Waals surface area contributed by atoms with Gasteiger partial charge < -0.3 is 20.5 Å². The number of likely N-dealkylation sites (tertiary alicyclic amines) is 1. The number of hydrogen-bond acceptors (Lipinski definition) is 5. The van der Waals surface area contributed by atoms with E-state index in [0.29, 0.717) is 12.6 Å². The molecule has 0 saturated carbocycles. The smallest absolute Gasteiger partial charge is 0.191 e. The van der Waals surface area contributed by atoms with Gasteiger partial charge in [0, 0.05) is 32.2 Å². The Morgan fingerprint density at radius 3 is 2.80 bits per heavy atom. The molecule has 8 heteroatoms. The Morgan fingerprint density at radius 1 is 1.33 bits per heavy atom. The highest BCUT2D eigenvalue weighted by Crippen LogP contribution is 2.19. The van der Waals surface area contributed by atoms with Gasteiger partial charge in [-0.1, -0.05) is 12.1 Å². The van der Waals surface area contributed by atoms with Crippen molar-refractivity contribution in [1.82, 2.24) is 15.5 Å². The summed E-state index contributed by atoms with van der Waals surface area (Å²) in [5, 5.41) is 21.7. The van der Waals surface area contributed by atoms with Crippen LogP contribution < -0.4 is 15.4 Å². The number of ether oxygens (including phenoxy) is 1. The van der Waals surface area contributed by atoms with Gasteiger partial charge >= 0.3 is 0 Å². The molecule has 0 aliphatic carbocycles. The maximum absolute atomic E-state index is 10.5. The second-order valence-electron chi connectivity index (χ2n) is 7.34. The summed E-state index contributed by atoms with van der Waals surface area (Å²) in [4.78, 5) is 7.12. The maximum atomic E-state index is 10.5. The summed E-state index contributed by atoms with van der Waals surface area (Å²) < 4.78 is 5.24. The molecule has 0 spiro atoms. The molecule has 166 valence electrons. The summed E-state index contributed by atoms with van der Waals surface area (Å²) in [6.07, 6.45) is 1.52. The zero-order valence-corrected chi connectivity index (χ0v) is 20.9. The largest absolute Gasteiger partial charge is 0.497 e. The van der Waals surface area contributed by atoms with Gasteiger partial charge in [-0.3, -0.25) is 9.89 Å². The molecule has 1 unspecified atom stereocenters. The molecule has 0 bridgehead atoms. The number of halogens is 1. The quantitative estimate of drug-likeness (QED) is 0.269. The van der Waals surface area contributed by atoms with Crippen molar-refractivity contribution in [3.63, 3.8) is 0 Å². The number of hydrogen-bond donors (Lipinski definition) is 3. The van der Waals surface area contributed by atoms with E-state index in [2.05, 4.69) is 44.3 Å². The van der Waals surface area contributed by atoms with Gasteiger partial charge in [-0.05, 0) is 59.9 Å². The molecular formula is C22H33IN4O2S. The van der Waals surface area contributed by atoms with Crippen LogP contribution >= 0.6 is 35.3 Å². The average Bonchev–Trinajstić information content (AvgIpc) is 3.26. The highest BCUT2D eigenvalue weighted by atomic mass is 127. The van der Waals surface area contributed by atoms with E-state index in [1.54, 1.807) is 18.4 Å². The van der Waals surface area contributed by atoms with Crippen LogP contribution in [0.25, 0.3) is 0 Å². The topological polar surface area (TPSA) is 69.1 Å². The number of aliphatic hydroxyl groups excluding tert-OH is 1. The third-order valence-corrected chi connectivity index (χ3v) is 5.89. The van der Waals surface area contributed by atoms with Gasteiger partial charge in [-0.15, -0.1) is 24.0 Å². The highest BCUT2D eigenvalue weighted by molar-refractivity contribution is 14.0. The third-order valence-electron chi connectivity index (χ3n) is 5.16. The molecule has 1 aliphatic heterocycles. The molecule has 0 amide bonds. The minimum atomic E-state index is -0.659. The Morgan fingerprint density at radius 2 is 2.13 bits per heavy atom. The highest BCUT2D eigenvalue weighted by Gasteiger charge is 2.20. The number of nitrogens with zero attached hydrogens (tertiary/aromatic N) is 2. The summed E-state index contributed by atoms with van der Waals surface area (Å²) in [7, 11) is 1.63. The summed E-state index contributed by atoms with van der Waals surface area (Å²) in [6.45, 7) is 6.35. The van der Waals surface area contributed by atoms with Crippen LogP contribution in [-0.2, 0) is 6.54 Å². The van der Waals surface area contributed by atoms with Crippen molar-refractivity contribution in [2.45, 2.75) is 38.5 Å². The minimum absolute atomic E-state index is 0. The first-order chi connectivity index (χ1) is 14.2. The maximum Gasteiger partial charge on any atom is 0.191 e. The number of aliphatic hydroxyl groups is 1. The minimum Gasteiger partial charge on any atom is -0.497 e. The molecule has 1 aromatic carbocycles. The predicted molar refractivity (Wildman–Crippen MR) is 135 cm³/mol. The molecule has 30 heavy (non-hydrogen) atoms. The first-order valence-electron chi connectivity index (χ1n) is 10.3. The fourth-order valence-corrected chi connectivity index (χ4v) is 4.18. The van der Waals surface area contributed by atoms with Crippen molar-refractivity contribution < 1.29 is 9.84 Å². The Labute approximate surface area is 200 Å². The Hall–Kier alpha value is -1.36. The van der Waals surface area contributed by atoms with Crippen molar-refractivity contribution >= 4 is 41.3 Å². The molecule has 3 N–H and O–H groups in total. The molecule has 3 rings (SSSR count). The Balaban J connectivity index is 0.00000320. The average molecular weight is 545 g/mol. The van der Waals surface area contributed by atoms with Crippen LogP contribution in [0.2, 0.25) is 0 Å². The van der Waals surface area contributed by atoms with E-state index >= 15 is 0 Å². The molecule has 2 aromatic rings. The summed E-state index contributed by atoms with van der Waals surface area (Å²) in [6, 6.07) is 10.1. The van der Waals surface area contributed by atoms with E-state index in [0.717, 1.165) is 56.3 Å². The summed E-state index contributed by atoms with van der Waals surface area (Å²) in [5.41, 5.74) is 2.22. The normalized spacial score (nSPS) is 16.6. The Kier molecular flexibility index (Phi) is 10.9. The number of aliphatic imine (C=N–C) groups is 1. The third kappa shape index (κ3) is 7.72. The number of rotatable bonds is 8. The fraction of sp³-hybridized carbons (Fsp3) is 0.500. The van der Waals surface area contributed by atoms with Gasteiger partial charge in [0.2, 0.25) is 0 Å². The molecule has 0 radical (unpaired) electrons. The lowest BCUT2D eigenvalue weighted by molar-refractivity contribution is 0.186. The van der Waals surface area contributed by atoms with Crippen molar-refractivity contribution in [3.8, 4) is 5.75 Å². The van der Waals surface area contributed by atoms with Crippen LogP contribution in [0, 0.1) is 0 Å². The van der Waals surface area contributed by atoms with Crippen LogP contribution in [0.1, 0.15) is 37.0 Å². The van der Waals surface area contributed by atoms with Crippen molar-refractivity contribution in [1.29, 1.82) is 0 Å². The lowest BCUT2D eigenvalue weighted by atomic mass is 10.0. The number of piperidine rings is 1. The molecular weight excluding hydrogens is 511 g/mol. The van der Waals surface area contributed by atoms with E-state index in [4.69, 9.17) is 4.74 Å². The monoisotopic (exact) mass is 544 g/mol. The molecule has 1 aliphatic rings. The molecule has 6 nitrogen and oxygen atoms in total. The molecule has 1 aromatic heterocycles. The van der Waals surface area contributed by atoms with Gasteiger partial charge in [0.1, 0.15) is 5.75 Å². The van der Waals surface area contributed by atoms with Gasteiger partial charge in [0.05, 0.1) is 19.8 Å². The van der Waals surface area contributed by atoms with E-state index < -0.39 is 6.10 Å². The van der Waals surface area contributed by atoms with Crippen LogP contribution in [0.3, 0.4) is 0 Å². The molecule has 1 saturated heterocycles. The van der Waals surface area contributed by atoms with E-state index in [-0.39, 0.29) is 24.0 Å². The number of methoxy groups -OCH3 is 1. The van der Waals surface area contributed by atoms with Crippen molar-refractivity contribution in [2.75, 3.05) is 33.3 Å². The summed E-state index contributed by atoms with van der Waals surface area (Å²) in [5.74, 6) is 1.51. The summed E-state index contributed by atoms with van der Waals surface area (Å²) >= 11 is 1.76. The lowest BCUT2D eigenvalue weighted by Crippen LogP contribution is -2.48. The zero-order valence-electron chi connectivity index (χ0n) is 17.7. The number of guanidine groups is 1. The van der Waals surface area contributed by atoms with Gasteiger partial charge in [0.25, 0.3) is 0 Å². The van der Waals surface area contributed by atoms with E-state index in [9.17, 15) is 5.11 Å². The van der Waals surface area contributed by atoms with Crippen molar-refractivity contribution in [3.05, 3.63) is 52.2 Å². The standard InChI is InChI=1S/C22H32N4O2S.HI/c1-3-23-22(24-14-21(27)18-5-4-6-20(13-18)28-2)25-19-7-10-26(11-8-19)15-17-9-12-29-16-17;/h4-6,9,12-13,16,19,21,27H,3,7-8,10-11,14-15H2,1-2H3,(H2,23,24,25);1H. The number of benzene rings is 1. The van der Waals surface area contributed by atoms with Crippen molar-refractivity contribution in [2.24, 2.45) is 4.99 Å². The number of nitrogens with one attached hydrogen (secondary N) is 2.